The predicted octanol–water partition coefficient (Wildman–Crippen LogP) is 2.97. The average molecular weight is 198 g/mol. The van der Waals surface area contributed by atoms with Crippen LogP contribution in [0.2, 0.25) is 0 Å². The smallest absolute Gasteiger partial charge is 0.168 e. The van der Waals surface area contributed by atoms with E-state index in [4.69, 9.17) is 9.47 Å². The van der Waals surface area contributed by atoms with Crippen molar-refractivity contribution in [1.82, 2.24) is 0 Å². The zero-order valence-electron chi connectivity index (χ0n) is 9.42. The van der Waals surface area contributed by atoms with Gasteiger partial charge in [-0.2, -0.15) is 0 Å². The second kappa shape index (κ2) is 4.19. The Morgan fingerprint density at radius 1 is 1.07 bits per heavy atom. The number of rotatable bonds is 1. The first-order chi connectivity index (χ1) is 6.72. The molecule has 2 fully saturated rings. The van der Waals surface area contributed by atoms with Crippen molar-refractivity contribution < 1.29 is 9.47 Å². The molecule has 1 aliphatic carbocycles. The SMILES string of the molecule is CC(C)C1CCC2(CC1)OCCCO2. The lowest BCUT2D eigenvalue weighted by molar-refractivity contribution is -0.283. The largest absolute Gasteiger partial charge is 0.350 e. The van der Waals surface area contributed by atoms with E-state index in [-0.39, 0.29) is 5.79 Å². The van der Waals surface area contributed by atoms with E-state index in [0.717, 1.165) is 44.3 Å². The predicted molar refractivity (Wildman–Crippen MR) is 56.0 cm³/mol. The van der Waals surface area contributed by atoms with Crippen LogP contribution in [0.15, 0.2) is 0 Å². The van der Waals surface area contributed by atoms with Crippen LogP contribution >= 0.6 is 0 Å². The summed E-state index contributed by atoms with van der Waals surface area (Å²) in [6.07, 6.45) is 5.83. The summed E-state index contributed by atoms with van der Waals surface area (Å²) >= 11 is 0. The molecule has 0 aromatic carbocycles. The van der Waals surface area contributed by atoms with Gasteiger partial charge in [0.25, 0.3) is 0 Å². The van der Waals surface area contributed by atoms with Crippen molar-refractivity contribution in [1.29, 1.82) is 0 Å². The van der Waals surface area contributed by atoms with Gasteiger partial charge in [0.15, 0.2) is 5.79 Å². The van der Waals surface area contributed by atoms with Gasteiger partial charge in [0, 0.05) is 12.8 Å². The number of ether oxygens (including phenoxy) is 2. The van der Waals surface area contributed by atoms with Crippen molar-refractivity contribution in [3.05, 3.63) is 0 Å². The maximum absolute atomic E-state index is 5.81. The first kappa shape index (κ1) is 10.4. The van der Waals surface area contributed by atoms with Gasteiger partial charge in [-0.05, 0) is 31.1 Å². The van der Waals surface area contributed by atoms with Crippen LogP contribution in [0.4, 0.5) is 0 Å². The zero-order chi connectivity index (χ0) is 10.0. The van der Waals surface area contributed by atoms with E-state index in [0.29, 0.717) is 0 Å². The van der Waals surface area contributed by atoms with Crippen molar-refractivity contribution in [2.24, 2.45) is 11.8 Å². The quantitative estimate of drug-likeness (QED) is 0.645. The van der Waals surface area contributed by atoms with E-state index in [1.807, 2.05) is 0 Å². The molecule has 2 aliphatic rings. The summed E-state index contributed by atoms with van der Waals surface area (Å²) in [7, 11) is 0. The van der Waals surface area contributed by atoms with Crippen molar-refractivity contribution in [2.75, 3.05) is 13.2 Å². The summed E-state index contributed by atoms with van der Waals surface area (Å²) in [4.78, 5) is 0. The first-order valence-corrected chi connectivity index (χ1v) is 6.00. The molecular formula is C12H22O2. The topological polar surface area (TPSA) is 18.5 Å². The van der Waals surface area contributed by atoms with Crippen molar-refractivity contribution in [2.45, 2.75) is 51.7 Å². The molecule has 2 nitrogen and oxygen atoms in total. The maximum Gasteiger partial charge on any atom is 0.168 e. The fraction of sp³-hybridized carbons (Fsp3) is 1.00. The molecule has 1 heterocycles. The Morgan fingerprint density at radius 2 is 1.64 bits per heavy atom. The minimum absolute atomic E-state index is 0.177. The summed E-state index contributed by atoms with van der Waals surface area (Å²) < 4.78 is 11.6. The first-order valence-electron chi connectivity index (χ1n) is 6.00. The molecular weight excluding hydrogens is 176 g/mol. The third-order valence-corrected chi connectivity index (χ3v) is 3.75. The Kier molecular flexibility index (Phi) is 3.13. The van der Waals surface area contributed by atoms with Crippen molar-refractivity contribution in [3.63, 3.8) is 0 Å². The lowest BCUT2D eigenvalue weighted by Gasteiger charge is -2.43. The van der Waals surface area contributed by atoms with Gasteiger partial charge in [-0.1, -0.05) is 13.8 Å². The highest BCUT2D eigenvalue weighted by Gasteiger charge is 2.39. The van der Waals surface area contributed by atoms with Crippen LogP contribution in [0.25, 0.3) is 0 Å². The molecule has 14 heavy (non-hydrogen) atoms. The Balaban J connectivity index is 1.87. The molecule has 0 radical (unpaired) electrons. The van der Waals surface area contributed by atoms with E-state index in [9.17, 15) is 0 Å². The fourth-order valence-electron chi connectivity index (χ4n) is 2.65. The van der Waals surface area contributed by atoms with Crippen molar-refractivity contribution >= 4 is 0 Å². The van der Waals surface area contributed by atoms with Crippen LogP contribution in [0, 0.1) is 11.8 Å². The molecule has 2 rings (SSSR count). The van der Waals surface area contributed by atoms with Crippen LogP contribution in [0.3, 0.4) is 0 Å². The summed E-state index contributed by atoms with van der Waals surface area (Å²) in [5.74, 6) is 1.52. The van der Waals surface area contributed by atoms with Crippen LogP contribution in [-0.4, -0.2) is 19.0 Å². The van der Waals surface area contributed by atoms with Gasteiger partial charge >= 0.3 is 0 Å². The van der Waals surface area contributed by atoms with E-state index >= 15 is 0 Å². The van der Waals surface area contributed by atoms with Gasteiger partial charge in [-0.3, -0.25) is 0 Å². The van der Waals surface area contributed by atoms with Gasteiger partial charge in [-0.15, -0.1) is 0 Å². The second-order valence-corrected chi connectivity index (χ2v) is 5.04. The molecule has 2 heteroatoms. The normalized spacial score (nSPS) is 28.5. The number of hydrogen-bond donors (Lipinski definition) is 0. The monoisotopic (exact) mass is 198 g/mol. The molecule has 1 saturated carbocycles. The molecule has 1 aliphatic heterocycles. The minimum atomic E-state index is -0.177. The van der Waals surface area contributed by atoms with Crippen molar-refractivity contribution in [3.8, 4) is 0 Å². The van der Waals surface area contributed by atoms with E-state index in [2.05, 4.69) is 13.8 Å². The van der Waals surface area contributed by atoms with Gasteiger partial charge in [0.1, 0.15) is 0 Å². The second-order valence-electron chi connectivity index (χ2n) is 5.04. The molecule has 0 N–H and O–H groups in total. The van der Waals surface area contributed by atoms with Gasteiger partial charge in [0.05, 0.1) is 13.2 Å². The van der Waals surface area contributed by atoms with Crippen LogP contribution in [-0.2, 0) is 9.47 Å². The molecule has 0 bridgehead atoms. The lowest BCUT2D eigenvalue weighted by atomic mass is 9.79. The molecule has 0 atom stereocenters. The van der Waals surface area contributed by atoms with E-state index < -0.39 is 0 Å². The zero-order valence-corrected chi connectivity index (χ0v) is 9.42. The Hall–Kier alpha value is -0.0800. The summed E-state index contributed by atoms with van der Waals surface area (Å²) in [6.45, 7) is 6.44. The Morgan fingerprint density at radius 3 is 2.14 bits per heavy atom. The Labute approximate surface area is 87.0 Å². The maximum atomic E-state index is 5.81. The van der Waals surface area contributed by atoms with Crippen LogP contribution in [0.1, 0.15) is 46.0 Å². The molecule has 0 unspecified atom stereocenters. The third-order valence-electron chi connectivity index (χ3n) is 3.75. The molecule has 0 aromatic rings. The average Bonchev–Trinajstić information content (AvgIpc) is 2.19. The molecule has 1 saturated heterocycles. The fourth-order valence-corrected chi connectivity index (χ4v) is 2.65. The van der Waals surface area contributed by atoms with E-state index in [1.54, 1.807) is 0 Å². The summed E-state index contributed by atoms with van der Waals surface area (Å²) in [5.41, 5.74) is 0. The van der Waals surface area contributed by atoms with Gasteiger partial charge < -0.3 is 9.47 Å². The summed E-state index contributed by atoms with van der Waals surface area (Å²) in [5, 5.41) is 0. The summed E-state index contributed by atoms with van der Waals surface area (Å²) in [6, 6.07) is 0. The van der Waals surface area contributed by atoms with Crippen LogP contribution < -0.4 is 0 Å². The van der Waals surface area contributed by atoms with Gasteiger partial charge in [-0.25, -0.2) is 0 Å². The molecule has 0 amide bonds. The highest BCUT2D eigenvalue weighted by molar-refractivity contribution is 4.82. The van der Waals surface area contributed by atoms with E-state index in [1.165, 1.54) is 12.8 Å². The molecule has 82 valence electrons. The third kappa shape index (κ3) is 2.12. The lowest BCUT2D eigenvalue weighted by Crippen LogP contribution is -2.44. The highest BCUT2D eigenvalue weighted by atomic mass is 16.7. The van der Waals surface area contributed by atoms with Crippen LogP contribution in [0.5, 0.6) is 0 Å². The molecule has 1 spiro atoms. The Bertz CT molecular complexity index is 173. The molecule has 0 aromatic heterocycles. The van der Waals surface area contributed by atoms with Gasteiger partial charge in [0.2, 0.25) is 0 Å². The number of hydrogen-bond acceptors (Lipinski definition) is 2. The highest BCUT2D eigenvalue weighted by Crippen LogP contribution is 2.40. The minimum Gasteiger partial charge on any atom is -0.350 e. The standard InChI is InChI=1S/C12H22O2/c1-10(2)11-4-6-12(7-5-11)13-8-3-9-14-12/h10-11H,3-9H2,1-2H3.